The van der Waals surface area contributed by atoms with Crippen molar-refractivity contribution in [2.45, 2.75) is 19.9 Å². The van der Waals surface area contributed by atoms with Crippen LogP contribution in [0.3, 0.4) is 0 Å². The number of rotatable bonds is 1. The van der Waals surface area contributed by atoms with Gasteiger partial charge in [-0.2, -0.15) is 12.7 Å². The molecule has 1 aromatic carbocycles. The second-order valence-corrected chi connectivity index (χ2v) is 5.15. The van der Waals surface area contributed by atoms with Crippen LogP contribution in [0.15, 0.2) is 24.3 Å². The Labute approximate surface area is 93.9 Å². The van der Waals surface area contributed by atoms with Gasteiger partial charge in [-0.15, -0.1) is 0 Å². The number of amides is 1. The van der Waals surface area contributed by atoms with Crippen molar-refractivity contribution in [3.8, 4) is 5.75 Å². The third-order valence-electron chi connectivity index (χ3n) is 2.22. The van der Waals surface area contributed by atoms with E-state index in [4.69, 9.17) is 4.18 Å². The minimum Gasteiger partial charge on any atom is -0.366 e. The molecule has 1 amide bonds. The van der Waals surface area contributed by atoms with E-state index in [1.54, 1.807) is 32.0 Å². The van der Waals surface area contributed by atoms with E-state index in [0.29, 0.717) is 0 Å². The van der Waals surface area contributed by atoms with E-state index in [-0.39, 0.29) is 11.3 Å². The van der Waals surface area contributed by atoms with Crippen molar-refractivity contribution in [1.29, 1.82) is 0 Å². The van der Waals surface area contributed by atoms with Crippen LogP contribution in [0.1, 0.15) is 24.2 Å². The van der Waals surface area contributed by atoms with Crippen molar-refractivity contribution < 1.29 is 17.4 Å². The summed E-state index contributed by atoms with van der Waals surface area (Å²) >= 11 is 0. The third-order valence-corrected chi connectivity index (χ3v) is 3.68. The summed E-state index contributed by atoms with van der Waals surface area (Å²) in [6.07, 6.45) is 0. The third kappa shape index (κ3) is 1.55. The molecule has 0 aromatic heterocycles. The number of hydrogen-bond donors (Lipinski definition) is 0. The Morgan fingerprint density at radius 2 is 1.88 bits per heavy atom. The highest BCUT2D eigenvalue weighted by Gasteiger charge is 2.39. The Morgan fingerprint density at radius 3 is 2.50 bits per heavy atom. The van der Waals surface area contributed by atoms with Gasteiger partial charge in [-0.05, 0) is 26.0 Å². The molecule has 2 rings (SSSR count). The smallest absolute Gasteiger partial charge is 0.366 e. The quantitative estimate of drug-likeness (QED) is 0.740. The first kappa shape index (κ1) is 10.9. The topological polar surface area (TPSA) is 63.7 Å². The number of fused-ring (bicyclic) bond motifs is 1. The van der Waals surface area contributed by atoms with Crippen LogP contribution in [0, 0.1) is 0 Å². The van der Waals surface area contributed by atoms with Crippen LogP contribution in [0.2, 0.25) is 0 Å². The normalized spacial score (nSPS) is 18.2. The number of benzene rings is 1. The lowest BCUT2D eigenvalue weighted by Gasteiger charge is -2.29. The second-order valence-electron chi connectivity index (χ2n) is 3.73. The Bertz CT molecular complexity index is 536. The molecule has 6 heteroatoms. The molecule has 0 radical (unpaired) electrons. The first-order valence-corrected chi connectivity index (χ1v) is 6.17. The fourth-order valence-electron chi connectivity index (χ4n) is 1.58. The zero-order chi connectivity index (χ0) is 11.9. The largest absolute Gasteiger partial charge is 0.412 e. The molecule has 0 saturated carbocycles. The summed E-state index contributed by atoms with van der Waals surface area (Å²) in [7, 11) is -4.00. The molecule has 0 atom stereocenters. The molecule has 0 fully saturated rings. The van der Waals surface area contributed by atoms with Crippen LogP contribution < -0.4 is 4.18 Å². The fraction of sp³-hybridized carbons (Fsp3) is 0.300. The summed E-state index contributed by atoms with van der Waals surface area (Å²) in [5, 5.41) is 0. The maximum Gasteiger partial charge on any atom is 0.412 e. The summed E-state index contributed by atoms with van der Waals surface area (Å²) < 4.78 is 28.9. The van der Waals surface area contributed by atoms with Crippen LogP contribution in [0.4, 0.5) is 0 Å². The predicted octanol–water partition coefficient (Wildman–Crippen LogP) is 1.17. The van der Waals surface area contributed by atoms with E-state index in [0.717, 1.165) is 4.31 Å². The standard InChI is InChI=1S/C10H11NO4S/c1-7(2)11-10(12)8-5-3-4-6-9(8)15-16(11,13)14/h3-7H,1-2H3. The van der Waals surface area contributed by atoms with Crippen LogP contribution >= 0.6 is 0 Å². The highest BCUT2D eigenvalue weighted by molar-refractivity contribution is 7.85. The molecule has 1 heterocycles. The molecule has 1 aromatic rings. The molecular formula is C10H11NO4S. The number of carbonyl (C=O) groups is 1. The van der Waals surface area contributed by atoms with E-state index in [1.807, 2.05) is 0 Å². The molecule has 1 aliphatic heterocycles. The minimum absolute atomic E-state index is 0.0874. The van der Waals surface area contributed by atoms with Gasteiger partial charge in [-0.25, -0.2) is 0 Å². The van der Waals surface area contributed by atoms with Crippen molar-refractivity contribution in [2.75, 3.05) is 0 Å². The molecule has 86 valence electrons. The van der Waals surface area contributed by atoms with Gasteiger partial charge < -0.3 is 4.18 Å². The van der Waals surface area contributed by atoms with Crippen molar-refractivity contribution in [1.82, 2.24) is 4.31 Å². The lowest BCUT2D eigenvalue weighted by Crippen LogP contribution is -2.47. The number of carbonyl (C=O) groups excluding carboxylic acids is 1. The lowest BCUT2D eigenvalue weighted by atomic mass is 10.2. The van der Waals surface area contributed by atoms with Crippen LogP contribution in [0.5, 0.6) is 5.75 Å². The van der Waals surface area contributed by atoms with Gasteiger partial charge in [0.15, 0.2) is 5.75 Å². The van der Waals surface area contributed by atoms with E-state index in [2.05, 4.69) is 0 Å². The Kier molecular flexibility index (Phi) is 2.38. The van der Waals surface area contributed by atoms with Gasteiger partial charge in [0.2, 0.25) is 0 Å². The van der Waals surface area contributed by atoms with Gasteiger partial charge in [-0.3, -0.25) is 4.79 Å². The number of hydrogen-bond acceptors (Lipinski definition) is 4. The molecule has 16 heavy (non-hydrogen) atoms. The number of nitrogens with zero attached hydrogens (tertiary/aromatic N) is 1. The molecule has 1 aliphatic rings. The zero-order valence-electron chi connectivity index (χ0n) is 8.88. The molecule has 0 N–H and O–H groups in total. The minimum atomic E-state index is -4.00. The lowest BCUT2D eigenvalue weighted by molar-refractivity contribution is 0.0809. The highest BCUT2D eigenvalue weighted by atomic mass is 32.2. The molecule has 0 unspecified atom stereocenters. The number of para-hydroxylation sites is 1. The van der Waals surface area contributed by atoms with E-state index in [9.17, 15) is 13.2 Å². The molecule has 5 nitrogen and oxygen atoms in total. The van der Waals surface area contributed by atoms with Gasteiger partial charge in [-0.1, -0.05) is 12.1 Å². The Hall–Kier alpha value is -1.56. The van der Waals surface area contributed by atoms with Gasteiger partial charge in [0.1, 0.15) is 0 Å². The molecule has 0 saturated heterocycles. The Balaban J connectivity index is 2.61. The maximum absolute atomic E-state index is 11.9. The highest BCUT2D eigenvalue weighted by Crippen LogP contribution is 2.29. The zero-order valence-corrected chi connectivity index (χ0v) is 9.69. The van der Waals surface area contributed by atoms with E-state index >= 15 is 0 Å². The van der Waals surface area contributed by atoms with E-state index in [1.165, 1.54) is 6.07 Å². The summed E-state index contributed by atoms with van der Waals surface area (Å²) in [5.41, 5.74) is 0.269. The Morgan fingerprint density at radius 1 is 1.25 bits per heavy atom. The van der Waals surface area contributed by atoms with Crippen molar-refractivity contribution in [2.24, 2.45) is 0 Å². The van der Waals surface area contributed by atoms with Crippen molar-refractivity contribution >= 4 is 16.2 Å². The van der Waals surface area contributed by atoms with Gasteiger partial charge >= 0.3 is 10.3 Å². The molecule has 0 spiro atoms. The summed E-state index contributed by atoms with van der Waals surface area (Å²) in [6.45, 7) is 3.24. The van der Waals surface area contributed by atoms with E-state index < -0.39 is 22.3 Å². The van der Waals surface area contributed by atoms with Gasteiger partial charge in [0.05, 0.1) is 5.56 Å². The SMILES string of the molecule is CC(C)N1C(=O)c2ccccc2OS1(=O)=O. The molecule has 0 aliphatic carbocycles. The van der Waals surface area contributed by atoms with Gasteiger partial charge in [0, 0.05) is 6.04 Å². The summed E-state index contributed by atoms with van der Waals surface area (Å²) in [4.78, 5) is 11.9. The van der Waals surface area contributed by atoms with Crippen molar-refractivity contribution in [3.05, 3.63) is 29.8 Å². The second kappa shape index (κ2) is 3.48. The first-order chi connectivity index (χ1) is 7.43. The summed E-state index contributed by atoms with van der Waals surface area (Å²) in [6, 6.07) is 5.82. The average molecular weight is 241 g/mol. The van der Waals surface area contributed by atoms with Crippen molar-refractivity contribution in [3.63, 3.8) is 0 Å². The van der Waals surface area contributed by atoms with Gasteiger partial charge in [0.25, 0.3) is 5.91 Å². The van der Waals surface area contributed by atoms with Crippen LogP contribution in [-0.4, -0.2) is 24.7 Å². The van der Waals surface area contributed by atoms with Crippen LogP contribution in [-0.2, 0) is 10.3 Å². The molecule has 0 bridgehead atoms. The van der Waals surface area contributed by atoms with Crippen LogP contribution in [0.25, 0.3) is 0 Å². The molecular weight excluding hydrogens is 230 g/mol. The summed E-state index contributed by atoms with van der Waals surface area (Å²) in [5.74, 6) is -0.457. The average Bonchev–Trinajstić information content (AvgIpc) is 2.15. The first-order valence-electron chi connectivity index (χ1n) is 4.80. The fourth-order valence-corrected chi connectivity index (χ4v) is 2.85. The monoisotopic (exact) mass is 241 g/mol. The predicted molar refractivity (Wildman–Crippen MR) is 57.3 cm³/mol. The maximum atomic E-state index is 11.9.